The molecule has 10 atom stereocenters. The number of allylic oxidation sites excluding steroid dienone is 1. The maximum Gasteiger partial charge on any atom is 0.322 e. The first-order chi connectivity index (χ1) is 22.9. The van der Waals surface area contributed by atoms with Gasteiger partial charge in [-0.05, 0) is 135 Å². The third-order valence-corrected chi connectivity index (χ3v) is 15.7. The monoisotopic (exact) mass is 683 g/mol. The number of amides is 3. The Labute approximate surface area is 294 Å². The largest absolute Gasteiger partial charge is 0.480 e. The molecule has 5 N–H and O–H groups in total. The summed E-state index contributed by atoms with van der Waals surface area (Å²) < 4.78 is 0. The second-order valence-electron chi connectivity index (χ2n) is 18.2. The molecular weight excluding hydrogens is 618 g/mol. The molecule has 5 fully saturated rings. The standard InChI is InChI=1S/C40H65N3O6/c1-25(2)26-14-19-40(35(49)41-22-10-8-9-11-31(45)42-23-32(46)43-24-33(47)48)21-20-38(6)27(34(26)40)12-13-29-37(5)17-16-30(44)36(3,4)28(37)15-18-39(29,38)7/h26-30,34,44H,1,8-24H2,2-7H3,(H,41,49)(H,42,45)(H,43,46)(H,47,48)/t26-,27+,28-,29+,30-,34+,37-,38+,39+,40-/m0/s1. The van der Waals surface area contributed by atoms with Crippen LogP contribution in [0.3, 0.4) is 0 Å². The second kappa shape index (κ2) is 14.0. The number of aliphatic carboxylic acids is 1. The van der Waals surface area contributed by atoms with E-state index in [1.807, 2.05) is 0 Å². The third kappa shape index (κ3) is 6.48. The van der Waals surface area contributed by atoms with Gasteiger partial charge in [0.2, 0.25) is 17.7 Å². The molecule has 0 radical (unpaired) electrons. The predicted molar refractivity (Wildman–Crippen MR) is 190 cm³/mol. The van der Waals surface area contributed by atoms with Crippen LogP contribution in [0.2, 0.25) is 0 Å². The number of carbonyl (C=O) groups excluding carboxylic acids is 3. The van der Waals surface area contributed by atoms with Crippen LogP contribution in [0.25, 0.3) is 0 Å². The zero-order chi connectivity index (χ0) is 36.0. The Morgan fingerprint density at radius 1 is 0.735 bits per heavy atom. The Balaban J connectivity index is 1.21. The minimum atomic E-state index is -1.13. The van der Waals surface area contributed by atoms with Gasteiger partial charge < -0.3 is 26.2 Å². The molecule has 0 unspecified atom stereocenters. The van der Waals surface area contributed by atoms with Crippen LogP contribution in [0.5, 0.6) is 0 Å². The molecule has 276 valence electrons. The lowest BCUT2D eigenvalue weighted by atomic mass is 9.32. The van der Waals surface area contributed by atoms with Crippen molar-refractivity contribution < 1.29 is 29.4 Å². The lowest BCUT2D eigenvalue weighted by molar-refractivity contribution is -0.246. The fourth-order valence-corrected chi connectivity index (χ4v) is 13.0. The number of unbranched alkanes of at least 4 members (excludes halogenated alkanes) is 2. The van der Waals surface area contributed by atoms with Gasteiger partial charge in [0, 0.05) is 13.0 Å². The topological polar surface area (TPSA) is 145 Å². The van der Waals surface area contributed by atoms with E-state index in [1.165, 1.54) is 31.3 Å². The number of rotatable bonds is 12. The number of carboxylic acid groups (broad SMARTS) is 1. The molecule has 0 aromatic carbocycles. The van der Waals surface area contributed by atoms with Gasteiger partial charge >= 0.3 is 5.97 Å². The van der Waals surface area contributed by atoms with E-state index in [1.54, 1.807) is 0 Å². The molecule has 0 spiro atoms. The number of nitrogens with one attached hydrogen (secondary N) is 3. The van der Waals surface area contributed by atoms with Crippen molar-refractivity contribution in [2.75, 3.05) is 19.6 Å². The van der Waals surface area contributed by atoms with Crippen molar-refractivity contribution in [3.63, 3.8) is 0 Å². The maximum atomic E-state index is 14.3. The number of fused-ring (bicyclic) bond motifs is 7. The SMILES string of the molecule is C=C(C)[C@@H]1CC[C@]2(C(=O)NCCCCCC(=O)NCC(=O)NCC(=O)O)CC[C@]3(C)[C@H](CC[C@@H]4[C@@]5(C)CC[C@H](O)C(C)(C)[C@@H]5CC[C@]43C)[C@@H]12. The number of aliphatic hydroxyl groups excluding tert-OH is 1. The quantitative estimate of drug-likeness (QED) is 0.126. The summed E-state index contributed by atoms with van der Waals surface area (Å²) in [6.07, 6.45) is 13.1. The highest BCUT2D eigenvalue weighted by Gasteiger charge is 2.71. The molecule has 5 rings (SSSR count). The molecule has 0 bridgehead atoms. The van der Waals surface area contributed by atoms with Gasteiger partial charge in [0.1, 0.15) is 6.54 Å². The summed E-state index contributed by atoms with van der Waals surface area (Å²) in [6, 6.07) is 0. The van der Waals surface area contributed by atoms with Crippen molar-refractivity contribution >= 4 is 23.7 Å². The molecule has 0 aromatic rings. The zero-order valence-corrected chi connectivity index (χ0v) is 31.2. The van der Waals surface area contributed by atoms with E-state index in [-0.39, 0.29) is 58.0 Å². The molecule has 0 aliphatic heterocycles. The van der Waals surface area contributed by atoms with E-state index < -0.39 is 18.4 Å². The molecular formula is C40H65N3O6. The van der Waals surface area contributed by atoms with Gasteiger partial charge in [-0.3, -0.25) is 19.2 Å². The van der Waals surface area contributed by atoms with Gasteiger partial charge in [0.15, 0.2) is 0 Å². The second-order valence-corrected chi connectivity index (χ2v) is 18.2. The van der Waals surface area contributed by atoms with Gasteiger partial charge in [-0.25, -0.2) is 0 Å². The lowest BCUT2D eigenvalue weighted by Crippen LogP contribution is -2.67. The molecule has 5 saturated carbocycles. The minimum absolute atomic E-state index is 0.0581. The summed E-state index contributed by atoms with van der Waals surface area (Å²) in [4.78, 5) is 48.6. The summed E-state index contributed by atoms with van der Waals surface area (Å²) in [7, 11) is 0. The van der Waals surface area contributed by atoms with Crippen LogP contribution in [0.1, 0.15) is 131 Å². The lowest BCUT2D eigenvalue weighted by Gasteiger charge is -2.72. The van der Waals surface area contributed by atoms with Crippen LogP contribution in [-0.2, 0) is 19.2 Å². The van der Waals surface area contributed by atoms with Crippen molar-refractivity contribution in [1.29, 1.82) is 0 Å². The first-order valence-corrected chi connectivity index (χ1v) is 19.3. The van der Waals surface area contributed by atoms with Crippen molar-refractivity contribution in [3.05, 3.63) is 12.2 Å². The summed E-state index contributed by atoms with van der Waals surface area (Å²) >= 11 is 0. The number of carboxylic acids is 1. The highest BCUT2D eigenvalue weighted by atomic mass is 16.4. The van der Waals surface area contributed by atoms with Gasteiger partial charge in [-0.2, -0.15) is 0 Å². The van der Waals surface area contributed by atoms with E-state index in [0.29, 0.717) is 42.6 Å². The number of hydrogen-bond acceptors (Lipinski definition) is 5. The van der Waals surface area contributed by atoms with Crippen LogP contribution in [0.15, 0.2) is 12.2 Å². The van der Waals surface area contributed by atoms with Crippen LogP contribution < -0.4 is 16.0 Å². The minimum Gasteiger partial charge on any atom is -0.480 e. The van der Waals surface area contributed by atoms with Crippen LogP contribution in [0.4, 0.5) is 0 Å². The average Bonchev–Trinajstić information content (AvgIpc) is 3.44. The fraction of sp³-hybridized carbons (Fsp3) is 0.850. The van der Waals surface area contributed by atoms with Crippen LogP contribution in [0, 0.1) is 56.7 Å². The number of aliphatic hydroxyl groups is 1. The van der Waals surface area contributed by atoms with Crippen LogP contribution in [-0.4, -0.2) is 59.6 Å². The molecule has 49 heavy (non-hydrogen) atoms. The van der Waals surface area contributed by atoms with E-state index >= 15 is 0 Å². The normalized spacial score (nSPS) is 40.5. The van der Waals surface area contributed by atoms with Gasteiger partial charge in [0.25, 0.3) is 0 Å². The Kier molecular flexibility index (Phi) is 10.8. The summed E-state index contributed by atoms with van der Waals surface area (Å²) in [6.45, 7) is 19.0. The maximum absolute atomic E-state index is 14.3. The molecule has 9 nitrogen and oxygen atoms in total. The average molecular weight is 684 g/mol. The summed E-state index contributed by atoms with van der Waals surface area (Å²) in [5.74, 6) is 0.664. The molecule has 0 aromatic heterocycles. The van der Waals surface area contributed by atoms with Crippen molar-refractivity contribution in [2.45, 2.75) is 138 Å². The molecule has 0 heterocycles. The van der Waals surface area contributed by atoms with E-state index in [2.05, 4.69) is 64.1 Å². The third-order valence-electron chi connectivity index (χ3n) is 15.7. The Bertz CT molecular complexity index is 1310. The number of hydrogen-bond donors (Lipinski definition) is 5. The van der Waals surface area contributed by atoms with E-state index in [9.17, 15) is 24.3 Å². The van der Waals surface area contributed by atoms with Gasteiger partial charge in [0.05, 0.1) is 18.1 Å². The van der Waals surface area contributed by atoms with Crippen molar-refractivity contribution in [2.24, 2.45) is 56.7 Å². The molecule has 5 aliphatic rings. The van der Waals surface area contributed by atoms with Gasteiger partial charge in [-0.15, -0.1) is 0 Å². The van der Waals surface area contributed by atoms with Crippen molar-refractivity contribution in [1.82, 2.24) is 16.0 Å². The number of carbonyl (C=O) groups is 4. The first kappa shape index (κ1) is 37.8. The van der Waals surface area contributed by atoms with Crippen LogP contribution >= 0.6 is 0 Å². The highest BCUT2D eigenvalue weighted by Crippen LogP contribution is 2.77. The first-order valence-electron chi connectivity index (χ1n) is 19.3. The molecule has 9 heteroatoms. The Morgan fingerprint density at radius 3 is 2.14 bits per heavy atom. The summed E-state index contributed by atoms with van der Waals surface area (Å²) in [5.41, 5.74) is 1.42. The Hall–Kier alpha value is -2.42. The fourth-order valence-electron chi connectivity index (χ4n) is 13.0. The molecule has 0 saturated heterocycles. The van der Waals surface area contributed by atoms with Gasteiger partial charge in [-0.1, -0.05) is 53.2 Å². The Morgan fingerprint density at radius 2 is 1.45 bits per heavy atom. The van der Waals surface area contributed by atoms with E-state index in [4.69, 9.17) is 5.11 Å². The predicted octanol–water partition coefficient (Wildman–Crippen LogP) is 6.00. The molecule has 3 amide bonds. The smallest absolute Gasteiger partial charge is 0.322 e. The van der Waals surface area contributed by atoms with E-state index in [0.717, 1.165) is 51.4 Å². The zero-order valence-electron chi connectivity index (χ0n) is 31.2. The van der Waals surface area contributed by atoms with Crippen molar-refractivity contribution in [3.8, 4) is 0 Å². The summed E-state index contributed by atoms with van der Waals surface area (Å²) in [5, 5.41) is 27.8. The highest BCUT2D eigenvalue weighted by molar-refractivity contribution is 5.86. The molecule has 5 aliphatic carbocycles.